The van der Waals surface area contributed by atoms with E-state index in [4.69, 9.17) is 21.9 Å². The van der Waals surface area contributed by atoms with Crippen LogP contribution >= 0.6 is 11.6 Å². The highest BCUT2D eigenvalue weighted by Gasteiger charge is 2.19. The molecule has 0 fully saturated rings. The molecular formula is C15H13ClN4O. The van der Waals surface area contributed by atoms with Gasteiger partial charge in [-0.1, -0.05) is 28.9 Å². The van der Waals surface area contributed by atoms with Crippen molar-refractivity contribution in [1.29, 1.82) is 0 Å². The molecule has 21 heavy (non-hydrogen) atoms. The first-order chi connectivity index (χ1) is 10.1. The van der Waals surface area contributed by atoms with Crippen molar-refractivity contribution in [2.24, 2.45) is 0 Å². The van der Waals surface area contributed by atoms with Crippen LogP contribution in [-0.2, 0) is 0 Å². The van der Waals surface area contributed by atoms with Crippen LogP contribution in [0.4, 0.5) is 5.88 Å². The predicted molar refractivity (Wildman–Crippen MR) is 81.9 cm³/mol. The Morgan fingerprint density at radius 1 is 1.10 bits per heavy atom. The lowest BCUT2D eigenvalue weighted by Crippen LogP contribution is -1.95. The van der Waals surface area contributed by atoms with Gasteiger partial charge in [0.05, 0.1) is 17.0 Å². The summed E-state index contributed by atoms with van der Waals surface area (Å²) in [5.74, 6) is 0.265. The van der Waals surface area contributed by atoms with Crippen molar-refractivity contribution < 1.29 is 4.52 Å². The van der Waals surface area contributed by atoms with Gasteiger partial charge in [-0.3, -0.25) is 0 Å². The van der Waals surface area contributed by atoms with Crippen LogP contribution in [0, 0.1) is 13.8 Å². The van der Waals surface area contributed by atoms with Crippen molar-refractivity contribution in [2.75, 3.05) is 5.73 Å². The highest BCUT2D eigenvalue weighted by atomic mass is 35.5. The van der Waals surface area contributed by atoms with Crippen LogP contribution < -0.4 is 5.73 Å². The van der Waals surface area contributed by atoms with Gasteiger partial charge in [-0.25, -0.2) is 0 Å². The summed E-state index contributed by atoms with van der Waals surface area (Å²) in [5, 5.41) is 12.9. The number of halogens is 1. The minimum atomic E-state index is 0.265. The molecule has 2 aromatic heterocycles. The molecule has 2 N–H and O–H groups in total. The largest absolute Gasteiger partial charge is 0.367 e. The summed E-state index contributed by atoms with van der Waals surface area (Å²) in [5.41, 5.74) is 10.7. The molecule has 0 bridgehead atoms. The summed E-state index contributed by atoms with van der Waals surface area (Å²) in [4.78, 5) is 0. The quantitative estimate of drug-likeness (QED) is 0.781. The number of aromatic nitrogens is 3. The highest BCUT2D eigenvalue weighted by molar-refractivity contribution is 6.30. The van der Waals surface area contributed by atoms with Crippen molar-refractivity contribution in [2.45, 2.75) is 13.8 Å². The molecule has 3 aromatic rings. The first-order valence-electron chi connectivity index (χ1n) is 6.38. The number of rotatable bonds is 2. The van der Waals surface area contributed by atoms with E-state index in [1.165, 1.54) is 0 Å². The Kier molecular flexibility index (Phi) is 3.35. The molecular weight excluding hydrogens is 288 g/mol. The molecule has 0 radical (unpaired) electrons. The summed E-state index contributed by atoms with van der Waals surface area (Å²) in [6, 6.07) is 9.28. The fourth-order valence-corrected chi connectivity index (χ4v) is 2.30. The minimum absolute atomic E-state index is 0.265. The topological polar surface area (TPSA) is 77.8 Å². The highest BCUT2D eigenvalue weighted by Crippen LogP contribution is 2.37. The molecule has 0 aliphatic carbocycles. The lowest BCUT2D eigenvalue weighted by Gasteiger charge is -2.05. The molecule has 1 aromatic carbocycles. The van der Waals surface area contributed by atoms with Crippen LogP contribution in [0.1, 0.15) is 11.4 Å². The van der Waals surface area contributed by atoms with E-state index in [1.54, 1.807) is 12.1 Å². The molecule has 0 aliphatic heterocycles. The normalized spacial score (nSPS) is 10.8. The molecule has 0 aliphatic rings. The molecule has 2 heterocycles. The van der Waals surface area contributed by atoms with Crippen LogP contribution in [0.15, 0.2) is 34.9 Å². The second-order valence-corrected chi connectivity index (χ2v) is 5.20. The van der Waals surface area contributed by atoms with Gasteiger partial charge in [-0.15, -0.1) is 0 Å². The molecule has 3 rings (SSSR count). The maximum atomic E-state index is 5.94. The minimum Gasteiger partial charge on any atom is -0.367 e. The van der Waals surface area contributed by atoms with Crippen molar-refractivity contribution in [3.8, 4) is 22.4 Å². The first kappa shape index (κ1) is 13.6. The SMILES string of the molecule is Cc1cc(-c2noc(N)c2-c2ccc(Cl)cc2)c(C)nn1. The Labute approximate surface area is 126 Å². The Balaban J connectivity index is 2.21. The van der Waals surface area contributed by atoms with Crippen molar-refractivity contribution in [1.82, 2.24) is 15.4 Å². The van der Waals surface area contributed by atoms with E-state index in [2.05, 4.69) is 15.4 Å². The third-order valence-electron chi connectivity index (χ3n) is 3.21. The number of benzene rings is 1. The van der Waals surface area contributed by atoms with Gasteiger partial charge < -0.3 is 10.3 Å². The zero-order valence-electron chi connectivity index (χ0n) is 11.6. The van der Waals surface area contributed by atoms with Gasteiger partial charge >= 0.3 is 0 Å². The average molecular weight is 301 g/mol. The summed E-state index contributed by atoms with van der Waals surface area (Å²) in [6.07, 6.45) is 0. The van der Waals surface area contributed by atoms with Crippen LogP contribution in [0.25, 0.3) is 22.4 Å². The summed E-state index contributed by atoms with van der Waals surface area (Å²) < 4.78 is 5.18. The third kappa shape index (κ3) is 2.48. The monoisotopic (exact) mass is 300 g/mol. The number of nitrogens with zero attached hydrogens (tertiary/aromatic N) is 3. The Bertz CT molecular complexity index is 796. The molecule has 6 heteroatoms. The first-order valence-corrected chi connectivity index (χ1v) is 6.76. The number of nitrogen functional groups attached to an aromatic ring is 1. The van der Waals surface area contributed by atoms with E-state index < -0.39 is 0 Å². The lowest BCUT2D eigenvalue weighted by molar-refractivity contribution is 0.439. The zero-order chi connectivity index (χ0) is 15.0. The second kappa shape index (κ2) is 5.18. The van der Waals surface area contributed by atoms with E-state index in [0.717, 1.165) is 28.1 Å². The van der Waals surface area contributed by atoms with Crippen molar-refractivity contribution >= 4 is 17.5 Å². The fraction of sp³-hybridized carbons (Fsp3) is 0.133. The Hall–Kier alpha value is -2.40. The van der Waals surface area contributed by atoms with Gasteiger partial charge in [0.2, 0.25) is 5.88 Å². The van der Waals surface area contributed by atoms with E-state index in [-0.39, 0.29) is 5.88 Å². The summed E-state index contributed by atoms with van der Waals surface area (Å²) in [7, 11) is 0. The van der Waals surface area contributed by atoms with Crippen molar-refractivity contribution in [3.63, 3.8) is 0 Å². The number of hydrogen-bond acceptors (Lipinski definition) is 5. The lowest BCUT2D eigenvalue weighted by atomic mass is 10.0. The van der Waals surface area contributed by atoms with Crippen molar-refractivity contribution in [3.05, 3.63) is 46.7 Å². The van der Waals surface area contributed by atoms with Crippen LogP contribution in [0.3, 0.4) is 0 Å². The molecule has 106 valence electrons. The van der Waals surface area contributed by atoms with Crippen LogP contribution in [0.5, 0.6) is 0 Å². The Morgan fingerprint density at radius 3 is 2.52 bits per heavy atom. The maximum absolute atomic E-state index is 5.94. The maximum Gasteiger partial charge on any atom is 0.230 e. The van der Waals surface area contributed by atoms with Gasteiger partial charge in [0.1, 0.15) is 5.69 Å². The number of nitrogens with two attached hydrogens (primary N) is 1. The zero-order valence-corrected chi connectivity index (χ0v) is 12.3. The predicted octanol–water partition coefficient (Wildman–Crippen LogP) is 3.65. The van der Waals surface area contributed by atoms with E-state index in [9.17, 15) is 0 Å². The average Bonchev–Trinajstić information content (AvgIpc) is 2.84. The van der Waals surface area contributed by atoms with Gasteiger partial charge in [0, 0.05) is 10.6 Å². The molecule has 0 unspecified atom stereocenters. The van der Waals surface area contributed by atoms with Gasteiger partial charge in [-0.05, 0) is 37.6 Å². The molecule has 0 saturated carbocycles. The second-order valence-electron chi connectivity index (χ2n) is 4.76. The number of aryl methyl sites for hydroxylation is 2. The standard InChI is InChI=1S/C15H13ClN4O/c1-8-7-12(9(2)19-18-8)14-13(15(17)21-20-14)10-3-5-11(16)6-4-10/h3-7H,17H2,1-2H3. The number of anilines is 1. The van der Waals surface area contributed by atoms with E-state index in [1.807, 2.05) is 32.0 Å². The van der Waals surface area contributed by atoms with Crippen LogP contribution in [0.2, 0.25) is 5.02 Å². The molecule has 0 atom stereocenters. The van der Waals surface area contributed by atoms with Gasteiger partial charge in [0.25, 0.3) is 0 Å². The summed E-state index contributed by atoms with van der Waals surface area (Å²) >= 11 is 5.93. The van der Waals surface area contributed by atoms with E-state index in [0.29, 0.717) is 10.7 Å². The molecule has 5 nitrogen and oxygen atoms in total. The number of hydrogen-bond donors (Lipinski definition) is 1. The Morgan fingerprint density at radius 2 is 1.81 bits per heavy atom. The van der Waals surface area contributed by atoms with E-state index >= 15 is 0 Å². The van der Waals surface area contributed by atoms with Gasteiger partial charge in [-0.2, -0.15) is 10.2 Å². The molecule has 0 amide bonds. The van der Waals surface area contributed by atoms with Crippen LogP contribution in [-0.4, -0.2) is 15.4 Å². The molecule has 0 saturated heterocycles. The smallest absolute Gasteiger partial charge is 0.230 e. The van der Waals surface area contributed by atoms with Gasteiger partial charge in [0.15, 0.2) is 0 Å². The molecule has 0 spiro atoms. The third-order valence-corrected chi connectivity index (χ3v) is 3.46. The fourth-order valence-electron chi connectivity index (χ4n) is 2.17. The summed E-state index contributed by atoms with van der Waals surface area (Å²) in [6.45, 7) is 3.75.